The maximum Gasteiger partial charge on any atom is 0.251 e. The van der Waals surface area contributed by atoms with E-state index in [1.54, 1.807) is 11.9 Å². The molecule has 1 unspecified atom stereocenters. The van der Waals surface area contributed by atoms with Crippen LogP contribution in [-0.4, -0.2) is 43.7 Å². The molecule has 0 bridgehead atoms. The number of benzene rings is 1. The number of aryl methyl sites for hydroxylation is 1. The molecule has 0 N–H and O–H groups in total. The minimum Gasteiger partial charge on any atom is -0.492 e. The summed E-state index contributed by atoms with van der Waals surface area (Å²) in [5, 5.41) is 0. The maximum atomic E-state index is 12.0. The molecule has 0 spiro atoms. The van der Waals surface area contributed by atoms with Crippen LogP contribution in [0.1, 0.15) is 18.4 Å². The third-order valence-corrected chi connectivity index (χ3v) is 3.27. The van der Waals surface area contributed by atoms with Crippen molar-refractivity contribution in [2.24, 2.45) is 0 Å². The lowest BCUT2D eigenvalue weighted by atomic mass is 10.2. The number of hydrogen-bond donors (Lipinski definition) is 0. The summed E-state index contributed by atoms with van der Waals surface area (Å²) in [6.07, 6.45) is 1.57. The highest BCUT2D eigenvalue weighted by molar-refractivity contribution is 5.80. The van der Waals surface area contributed by atoms with Crippen molar-refractivity contribution in [1.29, 1.82) is 0 Å². The molecule has 1 aromatic carbocycles. The molecule has 1 heterocycles. The van der Waals surface area contributed by atoms with E-state index < -0.39 is 0 Å². The highest BCUT2D eigenvalue weighted by Crippen LogP contribution is 2.15. The first kappa shape index (κ1) is 13.9. The number of carbonyl (C=O) groups excluding carboxylic acids is 1. The van der Waals surface area contributed by atoms with E-state index in [4.69, 9.17) is 9.47 Å². The molecule has 1 aliphatic rings. The monoisotopic (exact) mass is 263 g/mol. The predicted octanol–water partition coefficient (Wildman–Crippen LogP) is 2.01. The summed E-state index contributed by atoms with van der Waals surface area (Å²) in [6, 6.07) is 7.91. The minimum atomic E-state index is -0.246. The second-order valence-corrected chi connectivity index (χ2v) is 4.93. The van der Waals surface area contributed by atoms with E-state index in [0.717, 1.165) is 18.6 Å². The summed E-state index contributed by atoms with van der Waals surface area (Å²) < 4.78 is 11.0. The smallest absolute Gasteiger partial charge is 0.251 e. The molecular formula is C15H21NO3. The summed E-state index contributed by atoms with van der Waals surface area (Å²) in [7, 11) is 1.80. The summed E-state index contributed by atoms with van der Waals surface area (Å²) in [6.45, 7) is 3.80. The van der Waals surface area contributed by atoms with Gasteiger partial charge in [0.25, 0.3) is 5.91 Å². The van der Waals surface area contributed by atoms with Crippen molar-refractivity contribution in [3.8, 4) is 5.75 Å². The van der Waals surface area contributed by atoms with E-state index in [-0.39, 0.29) is 12.0 Å². The molecule has 4 heteroatoms. The van der Waals surface area contributed by atoms with Crippen molar-refractivity contribution in [3.63, 3.8) is 0 Å². The van der Waals surface area contributed by atoms with E-state index in [1.165, 1.54) is 5.56 Å². The molecule has 1 fully saturated rings. The van der Waals surface area contributed by atoms with E-state index >= 15 is 0 Å². The van der Waals surface area contributed by atoms with Crippen LogP contribution in [0.2, 0.25) is 0 Å². The molecular weight excluding hydrogens is 242 g/mol. The Labute approximate surface area is 114 Å². The number of hydrogen-bond acceptors (Lipinski definition) is 3. The molecule has 19 heavy (non-hydrogen) atoms. The predicted molar refractivity (Wildman–Crippen MR) is 73.3 cm³/mol. The Morgan fingerprint density at radius 3 is 3.05 bits per heavy atom. The average molecular weight is 263 g/mol. The van der Waals surface area contributed by atoms with Crippen molar-refractivity contribution in [1.82, 2.24) is 4.90 Å². The highest BCUT2D eigenvalue weighted by Gasteiger charge is 2.26. The van der Waals surface area contributed by atoms with Crippen LogP contribution in [0, 0.1) is 6.92 Å². The van der Waals surface area contributed by atoms with Crippen LogP contribution in [-0.2, 0) is 9.53 Å². The third-order valence-electron chi connectivity index (χ3n) is 3.27. The second-order valence-electron chi connectivity index (χ2n) is 4.93. The van der Waals surface area contributed by atoms with Gasteiger partial charge in [0, 0.05) is 13.7 Å². The minimum absolute atomic E-state index is 0.0605. The van der Waals surface area contributed by atoms with Crippen LogP contribution < -0.4 is 4.74 Å². The third kappa shape index (κ3) is 3.96. The van der Waals surface area contributed by atoms with Gasteiger partial charge in [-0.2, -0.15) is 0 Å². The first-order chi connectivity index (χ1) is 9.16. The lowest BCUT2D eigenvalue weighted by Gasteiger charge is -2.20. The van der Waals surface area contributed by atoms with Gasteiger partial charge in [0.1, 0.15) is 18.5 Å². The van der Waals surface area contributed by atoms with Crippen molar-refractivity contribution < 1.29 is 14.3 Å². The van der Waals surface area contributed by atoms with Crippen LogP contribution in [0.25, 0.3) is 0 Å². The zero-order valence-electron chi connectivity index (χ0n) is 11.6. The molecule has 0 saturated carbocycles. The van der Waals surface area contributed by atoms with Gasteiger partial charge in [-0.25, -0.2) is 0 Å². The Morgan fingerprint density at radius 2 is 2.37 bits per heavy atom. The quantitative estimate of drug-likeness (QED) is 0.815. The van der Waals surface area contributed by atoms with Gasteiger partial charge in [0.15, 0.2) is 0 Å². The Kier molecular flexibility index (Phi) is 4.80. The SMILES string of the molecule is Cc1cccc(OCCN(C)C(=O)C2CCCO2)c1. The fourth-order valence-electron chi connectivity index (χ4n) is 2.13. The topological polar surface area (TPSA) is 38.8 Å². The van der Waals surface area contributed by atoms with Crippen LogP contribution in [0.3, 0.4) is 0 Å². The van der Waals surface area contributed by atoms with Gasteiger partial charge < -0.3 is 14.4 Å². The van der Waals surface area contributed by atoms with Gasteiger partial charge in [-0.1, -0.05) is 12.1 Å². The van der Waals surface area contributed by atoms with Crippen LogP contribution in [0.5, 0.6) is 5.75 Å². The Bertz CT molecular complexity index is 427. The number of amides is 1. The molecule has 104 valence electrons. The van der Waals surface area contributed by atoms with Gasteiger partial charge in [0.05, 0.1) is 6.54 Å². The van der Waals surface area contributed by atoms with Crippen LogP contribution in [0.4, 0.5) is 0 Å². The van der Waals surface area contributed by atoms with Gasteiger partial charge in [0.2, 0.25) is 0 Å². The van der Waals surface area contributed by atoms with Crippen molar-refractivity contribution >= 4 is 5.91 Å². The largest absolute Gasteiger partial charge is 0.492 e. The molecule has 0 radical (unpaired) electrons. The number of ether oxygens (including phenoxy) is 2. The van der Waals surface area contributed by atoms with E-state index in [1.807, 2.05) is 31.2 Å². The summed E-state index contributed by atoms with van der Waals surface area (Å²) in [4.78, 5) is 13.7. The molecule has 2 rings (SSSR count). The molecule has 1 amide bonds. The van der Waals surface area contributed by atoms with Gasteiger partial charge >= 0.3 is 0 Å². The normalized spacial score (nSPS) is 18.3. The number of rotatable bonds is 5. The van der Waals surface area contributed by atoms with Crippen molar-refractivity contribution in [2.75, 3.05) is 26.8 Å². The summed E-state index contributed by atoms with van der Waals surface area (Å²) >= 11 is 0. The standard InChI is InChI=1S/C15H21NO3/c1-12-5-3-6-13(11-12)18-10-8-16(2)15(17)14-7-4-9-19-14/h3,5-6,11,14H,4,7-10H2,1-2H3. The maximum absolute atomic E-state index is 12.0. The van der Waals surface area contributed by atoms with E-state index in [0.29, 0.717) is 19.8 Å². The average Bonchev–Trinajstić information content (AvgIpc) is 2.91. The molecule has 1 aliphatic heterocycles. The van der Waals surface area contributed by atoms with Crippen molar-refractivity contribution in [2.45, 2.75) is 25.9 Å². The Hall–Kier alpha value is -1.55. The van der Waals surface area contributed by atoms with Crippen LogP contribution >= 0.6 is 0 Å². The second kappa shape index (κ2) is 6.57. The van der Waals surface area contributed by atoms with Gasteiger partial charge in [-0.05, 0) is 37.5 Å². The lowest BCUT2D eigenvalue weighted by molar-refractivity contribution is -0.139. The van der Waals surface area contributed by atoms with Crippen molar-refractivity contribution in [3.05, 3.63) is 29.8 Å². The number of likely N-dealkylation sites (N-methyl/N-ethyl adjacent to an activating group) is 1. The molecule has 1 saturated heterocycles. The highest BCUT2D eigenvalue weighted by atomic mass is 16.5. The summed E-state index contributed by atoms with van der Waals surface area (Å²) in [5.41, 5.74) is 1.17. The zero-order chi connectivity index (χ0) is 13.7. The molecule has 4 nitrogen and oxygen atoms in total. The lowest BCUT2D eigenvalue weighted by Crippen LogP contribution is -2.38. The summed E-state index contributed by atoms with van der Waals surface area (Å²) in [5.74, 6) is 0.906. The number of carbonyl (C=O) groups is 1. The van der Waals surface area contributed by atoms with Gasteiger partial charge in [-0.3, -0.25) is 4.79 Å². The molecule has 1 atom stereocenters. The Balaban J connectivity index is 1.74. The molecule has 0 aliphatic carbocycles. The fraction of sp³-hybridized carbons (Fsp3) is 0.533. The molecule has 0 aromatic heterocycles. The zero-order valence-corrected chi connectivity index (χ0v) is 11.6. The fourth-order valence-corrected chi connectivity index (χ4v) is 2.13. The first-order valence-electron chi connectivity index (χ1n) is 6.73. The molecule has 1 aromatic rings. The number of nitrogens with zero attached hydrogens (tertiary/aromatic N) is 1. The van der Waals surface area contributed by atoms with E-state index in [2.05, 4.69) is 0 Å². The Morgan fingerprint density at radius 1 is 1.53 bits per heavy atom. The first-order valence-corrected chi connectivity index (χ1v) is 6.73. The van der Waals surface area contributed by atoms with Crippen LogP contribution in [0.15, 0.2) is 24.3 Å². The van der Waals surface area contributed by atoms with E-state index in [9.17, 15) is 4.79 Å². The van der Waals surface area contributed by atoms with Gasteiger partial charge in [-0.15, -0.1) is 0 Å².